The summed E-state index contributed by atoms with van der Waals surface area (Å²) < 4.78 is 5.59. The molecule has 0 saturated heterocycles. The average molecular weight is 245 g/mol. The van der Waals surface area contributed by atoms with Gasteiger partial charge in [-0.2, -0.15) is 0 Å². The Labute approximate surface area is 107 Å². The largest absolute Gasteiger partial charge is 0.464 e. The number of nitrogens with one attached hydrogen (secondary N) is 1. The van der Waals surface area contributed by atoms with Gasteiger partial charge in [0.05, 0.1) is 12.7 Å². The van der Waals surface area contributed by atoms with Crippen molar-refractivity contribution in [3.8, 4) is 0 Å². The molecule has 96 valence electrons. The number of amides is 1. The summed E-state index contributed by atoms with van der Waals surface area (Å²) in [4.78, 5) is 11.7. The van der Waals surface area contributed by atoms with E-state index >= 15 is 0 Å². The second-order valence-electron chi connectivity index (χ2n) is 4.67. The maximum atomic E-state index is 11.7. The van der Waals surface area contributed by atoms with Gasteiger partial charge in [-0.05, 0) is 31.4 Å². The van der Waals surface area contributed by atoms with Gasteiger partial charge in [0.1, 0.15) is 5.58 Å². The van der Waals surface area contributed by atoms with Crippen LogP contribution in [0.4, 0.5) is 0 Å². The Hall–Kier alpha value is -1.77. The summed E-state index contributed by atoms with van der Waals surface area (Å²) in [5.74, 6) is 0.0535. The minimum atomic E-state index is 0.0535. The summed E-state index contributed by atoms with van der Waals surface area (Å²) in [7, 11) is 0. The lowest BCUT2D eigenvalue weighted by Crippen LogP contribution is -2.25. The van der Waals surface area contributed by atoms with Gasteiger partial charge in [-0.3, -0.25) is 4.79 Å². The van der Waals surface area contributed by atoms with Gasteiger partial charge in [-0.25, -0.2) is 0 Å². The number of aryl methyl sites for hydroxylation is 2. The monoisotopic (exact) mass is 245 g/mol. The SMILES string of the molecule is CCCNC(=O)Cc1coc2c(C)c(C)ccc12. The third kappa shape index (κ3) is 2.40. The van der Waals surface area contributed by atoms with E-state index in [4.69, 9.17) is 4.42 Å². The fourth-order valence-electron chi connectivity index (χ4n) is 2.03. The number of hydrogen-bond donors (Lipinski definition) is 1. The molecule has 3 nitrogen and oxygen atoms in total. The lowest BCUT2D eigenvalue weighted by Gasteiger charge is -2.03. The lowest BCUT2D eigenvalue weighted by molar-refractivity contribution is -0.120. The number of furan rings is 1. The first kappa shape index (κ1) is 12.7. The highest BCUT2D eigenvalue weighted by Gasteiger charge is 2.12. The van der Waals surface area contributed by atoms with Crippen molar-refractivity contribution in [3.63, 3.8) is 0 Å². The molecule has 0 radical (unpaired) electrons. The summed E-state index contributed by atoms with van der Waals surface area (Å²) in [6, 6.07) is 4.10. The Bertz CT molecular complexity index is 569. The highest BCUT2D eigenvalue weighted by molar-refractivity contribution is 5.89. The molecule has 1 aromatic carbocycles. The van der Waals surface area contributed by atoms with Gasteiger partial charge in [0.15, 0.2) is 0 Å². The zero-order chi connectivity index (χ0) is 13.1. The van der Waals surface area contributed by atoms with Crippen molar-refractivity contribution >= 4 is 16.9 Å². The van der Waals surface area contributed by atoms with Crippen LogP contribution in [-0.2, 0) is 11.2 Å². The first-order valence-electron chi connectivity index (χ1n) is 6.36. The fourth-order valence-corrected chi connectivity index (χ4v) is 2.03. The molecule has 0 bridgehead atoms. The molecule has 0 saturated carbocycles. The maximum absolute atomic E-state index is 11.7. The number of fused-ring (bicyclic) bond motifs is 1. The van der Waals surface area contributed by atoms with Crippen molar-refractivity contribution < 1.29 is 9.21 Å². The standard InChI is InChI=1S/C15H19NO2/c1-4-7-16-14(17)8-12-9-18-15-11(3)10(2)5-6-13(12)15/h5-6,9H,4,7-8H2,1-3H3,(H,16,17). The van der Waals surface area contributed by atoms with Crippen molar-refractivity contribution in [3.05, 3.63) is 35.1 Å². The molecule has 0 unspecified atom stereocenters. The van der Waals surface area contributed by atoms with Crippen LogP contribution in [0.1, 0.15) is 30.0 Å². The van der Waals surface area contributed by atoms with E-state index in [1.165, 1.54) is 5.56 Å². The van der Waals surface area contributed by atoms with Crippen LogP contribution in [0.3, 0.4) is 0 Å². The molecule has 1 amide bonds. The van der Waals surface area contributed by atoms with Gasteiger partial charge in [0.2, 0.25) is 5.91 Å². The molecule has 1 heterocycles. The summed E-state index contributed by atoms with van der Waals surface area (Å²) >= 11 is 0. The van der Waals surface area contributed by atoms with E-state index in [1.54, 1.807) is 6.26 Å². The van der Waals surface area contributed by atoms with E-state index in [0.29, 0.717) is 6.42 Å². The molecule has 0 atom stereocenters. The molecule has 1 aromatic heterocycles. The fraction of sp³-hybridized carbons (Fsp3) is 0.400. The molecule has 0 aliphatic rings. The molecular weight excluding hydrogens is 226 g/mol. The van der Waals surface area contributed by atoms with Crippen molar-refractivity contribution in [1.29, 1.82) is 0 Å². The summed E-state index contributed by atoms with van der Waals surface area (Å²) in [6.45, 7) is 6.87. The predicted molar refractivity (Wildman–Crippen MR) is 72.7 cm³/mol. The Balaban J connectivity index is 2.25. The normalized spacial score (nSPS) is 10.8. The van der Waals surface area contributed by atoms with Crippen LogP contribution in [0.5, 0.6) is 0 Å². The van der Waals surface area contributed by atoms with Gasteiger partial charge in [-0.1, -0.05) is 19.1 Å². The predicted octanol–water partition coefficient (Wildman–Crippen LogP) is 3.12. The maximum Gasteiger partial charge on any atom is 0.224 e. The van der Waals surface area contributed by atoms with Crippen molar-refractivity contribution in [2.24, 2.45) is 0 Å². The Morgan fingerprint density at radius 2 is 2.11 bits per heavy atom. The number of carbonyl (C=O) groups is 1. The minimum Gasteiger partial charge on any atom is -0.464 e. The number of rotatable bonds is 4. The molecule has 1 N–H and O–H groups in total. The van der Waals surface area contributed by atoms with Crippen LogP contribution in [-0.4, -0.2) is 12.5 Å². The second kappa shape index (κ2) is 5.25. The van der Waals surface area contributed by atoms with Crippen molar-refractivity contribution in [1.82, 2.24) is 5.32 Å². The van der Waals surface area contributed by atoms with Gasteiger partial charge >= 0.3 is 0 Å². The first-order chi connectivity index (χ1) is 8.63. The van der Waals surface area contributed by atoms with E-state index in [9.17, 15) is 4.79 Å². The molecule has 0 spiro atoms. The van der Waals surface area contributed by atoms with Crippen molar-refractivity contribution in [2.75, 3.05) is 6.54 Å². The van der Waals surface area contributed by atoms with E-state index in [0.717, 1.165) is 35.1 Å². The average Bonchev–Trinajstić information content (AvgIpc) is 2.75. The topological polar surface area (TPSA) is 42.2 Å². The molecular formula is C15H19NO2. The highest BCUT2D eigenvalue weighted by atomic mass is 16.3. The van der Waals surface area contributed by atoms with Crippen LogP contribution >= 0.6 is 0 Å². The van der Waals surface area contributed by atoms with Crippen molar-refractivity contribution in [2.45, 2.75) is 33.6 Å². The minimum absolute atomic E-state index is 0.0535. The van der Waals surface area contributed by atoms with E-state index < -0.39 is 0 Å². The lowest BCUT2D eigenvalue weighted by atomic mass is 10.0. The van der Waals surface area contributed by atoms with Gasteiger partial charge in [0.25, 0.3) is 0 Å². The zero-order valence-corrected chi connectivity index (χ0v) is 11.2. The molecule has 0 aliphatic heterocycles. The van der Waals surface area contributed by atoms with Crippen LogP contribution in [0.25, 0.3) is 11.0 Å². The summed E-state index contributed by atoms with van der Waals surface area (Å²) in [6.07, 6.45) is 3.04. The molecule has 2 rings (SSSR count). The molecule has 2 aromatic rings. The molecule has 0 fully saturated rings. The third-order valence-corrected chi connectivity index (χ3v) is 3.26. The van der Waals surface area contributed by atoms with E-state index in [1.807, 2.05) is 19.9 Å². The van der Waals surface area contributed by atoms with Crippen LogP contribution < -0.4 is 5.32 Å². The second-order valence-corrected chi connectivity index (χ2v) is 4.67. The van der Waals surface area contributed by atoms with E-state index in [-0.39, 0.29) is 5.91 Å². The van der Waals surface area contributed by atoms with Gasteiger partial charge in [0, 0.05) is 17.5 Å². The Morgan fingerprint density at radius 3 is 2.83 bits per heavy atom. The molecule has 3 heteroatoms. The van der Waals surface area contributed by atoms with E-state index in [2.05, 4.69) is 18.3 Å². The van der Waals surface area contributed by atoms with Crippen LogP contribution in [0.2, 0.25) is 0 Å². The summed E-state index contributed by atoms with van der Waals surface area (Å²) in [5.41, 5.74) is 4.21. The number of hydrogen-bond acceptors (Lipinski definition) is 2. The third-order valence-electron chi connectivity index (χ3n) is 3.26. The van der Waals surface area contributed by atoms with Gasteiger partial charge in [-0.15, -0.1) is 0 Å². The molecule has 0 aliphatic carbocycles. The first-order valence-corrected chi connectivity index (χ1v) is 6.36. The Morgan fingerprint density at radius 1 is 1.33 bits per heavy atom. The summed E-state index contributed by atoms with van der Waals surface area (Å²) in [5, 5.41) is 3.93. The number of benzene rings is 1. The quantitative estimate of drug-likeness (QED) is 0.899. The smallest absolute Gasteiger partial charge is 0.224 e. The van der Waals surface area contributed by atoms with Crippen LogP contribution in [0.15, 0.2) is 22.8 Å². The zero-order valence-electron chi connectivity index (χ0n) is 11.2. The van der Waals surface area contributed by atoms with Gasteiger partial charge < -0.3 is 9.73 Å². The van der Waals surface area contributed by atoms with Crippen LogP contribution in [0, 0.1) is 13.8 Å². The highest BCUT2D eigenvalue weighted by Crippen LogP contribution is 2.26. The molecule has 18 heavy (non-hydrogen) atoms. The Kier molecular flexibility index (Phi) is 3.70. The number of carbonyl (C=O) groups excluding carboxylic acids is 1.